The third kappa shape index (κ3) is 2.15. The van der Waals surface area contributed by atoms with E-state index in [0.717, 1.165) is 17.9 Å². The predicted octanol–water partition coefficient (Wildman–Crippen LogP) is 2.90. The van der Waals surface area contributed by atoms with E-state index in [1.165, 1.54) is 16.9 Å². The van der Waals surface area contributed by atoms with Crippen LogP contribution in [0.15, 0.2) is 24.3 Å². The molecule has 1 aromatic carbocycles. The zero-order chi connectivity index (χ0) is 16.1. The SMILES string of the molecule is CC(C)c1nnc2sc(C(=O)N3c4ccccc4CC3C)nn12. The molecule has 1 atom stereocenters. The van der Waals surface area contributed by atoms with Gasteiger partial charge in [-0.15, -0.1) is 15.3 Å². The zero-order valence-electron chi connectivity index (χ0n) is 13.2. The van der Waals surface area contributed by atoms with Crippen LogP contribution in [-0.2, 0) is 6.42 Å². The first-order valence-corrected chi connectivity index (χ1v) is 8.51. The average molecular weight is 327 g/mol. The Morgan fingerprint density at radius 3 is 2.87 bits per heavy atom. The van der Waals surface area contributed by atoms with E-state index in [0.29, 0.717) is 9.97 Å². The topological polar surface area (TPSA) is 63.4 Å². The zero-order valence-corrected chi connectivity index (χ0v) is 14.0. The van der Waals surface area contributed by atoms with Crippen molar-refractivity contribution in [2.45, 2.75) is 39.2 Å². The van der Waals surface area contributed by atoms with E-state index in [1.807, 2.05) is 36.9 Å². The van der Waals surface area contributed by atoms with Crippen molar-refractivity contribution in [1.82, 2.24) is 19.8 Å². The van der Waals surface area contributed by atoms with Crippen LogP contribution < -0.4 is 4.90 Å². The van der Waals surface area contributed by atoms with Gasteiger partial charge in [0.05, 0.1) is 0 Å². The molecule has 1 aliphatic rings. The molecule has 0 aliphatic carbocycles. The van der Waals surface area contributed by atoms with Gasteiger partial charge >= 0.3 is 0 Å². The molecule has 0 bridgehead atoms. The highest BCUT2D eigenvalue weighted by molar-refractivity contribution is 7.18. The first-order chi connectivity index (χ1) is 11.1. The van der Waals surface area contributed by atoms with Gasteiger partial charge in [0, 0.05) is 17.6 Å². The standard InChI is InChI=1S/C16H17N5OS/c1-9(2)13-17-18-16-21(13)19-14(23-16)15(22)20-10(3)8-11-6-4-5-7-12(11)20/h4-7,9-10H,8H2,1-3H3. The Bertz CT molecular complexity index is 897. The monoisotopic (exact) mass is 327 g/mol. The number of amides is 1. The summed E-state index contributed by atoms with van der Waals surface area (Å²) in [6.07, 6.45) is 0.878. The maximum Gasteiger partial charge on any atom is 0.289 e. The third-order valence-corrected chi connectivity index (χ3v) is 5.03. The van der Waals surface area contributed by atoms with Gasteiger partial charge in [0.25, 0.3) is 5.91 Å². The Balaban J connectivity index is 1.75. The Labute approximate surface area is 137 Å². The van der Waals surface area contributed by atoms with Gasteiger partial charge in [-0.3, -0.25) is 4.79 Å². The number of nitrogens with zero attached hydrogens (tertiary/aromatic N) is 5. The highest BCUT2D eigenvalue weighted by Gasteiger charge is 2.33. The van der Waals surface area contributed by atoms with Crippen LogP contribution >= 0.6 is 11.3 Å². The van der Waals surface area contributed by atoms with Gasteiger partial charge in [-0.2, -0.15) is 4.52 Å². The molecule has 1 aliphatic heterocycles. The number of para-hydroxylation sites is 1. The van der Waals surface area contributed by atoms with Gasteiger partial charge < -0.3 is 4.90 Å². The first-order valence-electron chi connectivity index (χ1n) is 7.70. The van der Waals surface area contributed by atoms with Crippen LogP contribution in [0.5, 0.6) is 0 Å². The van der Waals surface area contributed by atoms with Gasteiger partial charge in [0.2, 0.25) is 9.97 Å². The second kappa shape index (κ2) is 5.13. The van der Waals surface area contributed by atoms with E-state index in [4.69, 9.17) is 0 Å². The summed E-state index contributed by atoms with van der Waals surface area (Å²) < 4.78 is 1.69. The Kier molecular flexibility index (Phi) is 3.19. The molecule has 0 saturated carbocycles. The summed E-state index contributed by atoms with van der Waals surface area (Å²) >= 11 is 1.29. The molecule has 1 amide bonds. The summed E-state index contributed by atoms with van der Waals surface area (Å²) in [6, 6.07) is 8.19. The number of rotatable bonds is 2. The minimum Gasteiger partial charge on any atom is -0.303 e. The number of benzene rings is 1. The van der Waals surface area contributed by atoms with Crippen molar-refractivity contribution >= 4 is 27.9 Å². The molecule has 118 valence electrons. The van der Waals surface area contributed by atoms with E-state index < -0.39 is 0 Å². The van der Waals surface area contributed by atoms with Gasteiger partial charge in [0.15, 0.2) is 5.82 Å². The number of aromatic nitrogens is 4. The predicted molar refractivity (Wildman–Crippen MR) is 89.2 cm³/mol. The van der Waals surface area contributed by atoms with Crippen LogP contribution in [0.3, 0.4) is 0 Å². The summed E-state index contributed by atoms with van der Waals surface area (Å²) in [6.45, 7) is 6.14. The van der Waals surface area contributed by atoms with E-state index in [-0.39, 0.29) is 17.9 Å². The summed E-state index contributed by atoms with van der Waals surface area (Å²) in [5, 5.41) is 13.2. The van der Waals surface area contributed by atoms with Gasteiger partial charge in [-0.05, 0) is 25.0 Å². The lowest BCUT2D eigenvalue weighted by Crippen LogP contribution is -2.35. The molecular formula is C16H17N5OS. The number of carbonyl (C=O) groups is 1. The van der Waals surface area contributed by atoms with Gasteiger partial charge in [0.1, 0.15) is 0 Å². The number of anilines is 1. The molecule has 1 unspecified atom stereocenters. The second-order valence-electron chi connectivity index (χ2n) is 6.17. The molecule has 0 saturated heterocycles. The minimum absolute atomic E-state index is 0.0624. The van der Waals surface area contributed by atoms with Crippen molar-refractivity contribution in [3.63, 3.8) is 0 Å². The molecule has 0 radical (unpaired) electrons. The summed E-state index contributed by atoms with van der Waals surface area (Å²) in [7, 11) is 0. The molecule has 4 rings (SSSR count). The van der Waals surface area contributed by atoms with Crippen LogP contribution in [0.4, 0.5) is 5.69 Å². The lowest BCUT2D eigenvalue weighted by molar-refractivity contribution is 0.0980. The number of carbonyl (C=O) groups excluding carboxylic acids is 1. The van der Waals surface area contributed by atoms with Crippen molar-refractivity contribution in [2.24, 2.45) is 0 Å². The first kappa shape index (κ1) is 14.3. The second-order valence-corrected chi connectivity index (χ2v) is 7.13. The molecule has 23 heavy (non-hydrogen) atoms. The number of hydrogen-bond donors (Lipinski definition) is 0. The summed E-state index contributed by atoms with van der Waals surface area (Å²) in [5.41, 5.74) is 2.19. The molecule has 6 nitrogen and oxygen atoms in total. The Morgan fingerprint density at radius 2 is 2.09 bits per heavy atom. The van der Waals surface area contributed by atoms with Crippen molar-refractivity contribution < 1.29 is 4.79 Å². The van der Waals surface area contributed by atoms with Crippen LogP contribution in [0.25, 0.3) is 4.96 Å². The van der Waals surface area contributed by atoms with Crippen LogP contribution in [0, 0.1) is 0 Å². The highest BCUT2D eigenvalue weighted by Crippen LogP contribution is 2.33. The number of hydrogen-bond acceptors (Lipinski definition) is 5. The summed E-state index contributed by atoms with van der Waals surface area (Å²) in [4.78, 5) is 15.5. The fourth-order valence-electron chi connectivity index (χ4n) is 3.06. The minimum atomic E-state index is -0.0624. The fraction of sp³-hybridized carbons (Fsp3) is 0.375. The fourth-order valence-corrected chi connectivity index (χ4v) is 3.84. The van der Waals surface area contributed by atoms with Gasteiger partial charge in [-0.1, -0.05) is 43.4 Å². The van der Waals surface area contributed by atoms with Crippen molar-refractivity contribution in [3.8, 4) is 0 Å². The molecule has 3 heterocycles. The molecule has 3 aromatic rings. The molecule has 2 aromatic heterocycles. The average Bonchev–Trinajstić information content (AvgIpc) is 3.16. The smallest absolute Gasteiger partial charge is 0.289 e. The van der Waals surface area contributed by atoms with Crippen molar-refractivity contribution in [3.05, 3.63) is 40.7 Å². The summed E-state index contributed by atoms with van der Waals surface area (Å²) in [5.74, 6) is 0.930. The Hall–Kier alpha value is -2.28. The van der Waals surface area contributed by atoms with Crippen LogP contribution in [0.2, 0.25) is 0 Å². The normalized spacial score (nSPS) is 17.2. The number of fused-ring (bicyclic) bond motifs is 2. The maximum absolute atomic E-state index is 13.0. The quantitative estimate of drug-likeness (QED) is 0.726. The molecule has 7 heteroatoms. The van der Waals surface area contributed by atoms with Crippen molar-refractivity contribution in [1.29, 1.82) is 0 Å². The third-order valence-electron chi connectivity index (χ3n) is 4.14. The van der Waals surface area contributed by atoms with Gasteiger partial charge in [-0.25, -0.2) is 0 Å². The largest absolute Gasteiger partial charge is 0.303 e. The lowest BCUT2D eigenvalue weighted by atomic mass is 10.1. The maximum atomic E-state index is 13.0. The van der Waals surface area contributed by atoms with E-state index in [9.17, 15) is 4.79 Å². The van der Waals surface area contributed by atoms with E-state index in [1.54, 1.807) is 4.52 Å². The van der Waals surface area contributed by atoms with E-state index in [2.05, 4.69) is 28.3 Å². The molecular weight excluding hydrogens is 310 g/mol. The van der Waals surface area contributed by atoms with E-state index >= 15 is 0 Å². The molecule has 0 N–H and O–H groups in total. The lowest BCUT2D eigenvalue weighted by Gasteiger charge is -2.21. The Morgan fingerprint density at radius 1 is 1.30 bits per heavy atom. The van der Waals surface area contributed by atoms with Crippen LogP contribution in [-0.4, -0.2) is 31.8 Å². The molecule has 0 fully saturated rings. The van der Waals surface area contributed by atoms with Crippen LogP contribution in [0.1, 0.15) is 47.9 Å². The molecule has 0 spiro atoms. The van der Waals surface area contributed by atoms with Crippen molar-refractivity contribution in [2.75, 3.05) is 4.90 Å². The highest BCUT2D eigenvalue weighted by atomic mass is 32.1.